The van der Waals surface area contributed by atoms with Crippen LogP contribution in [-0.2, 0) is 9.53 Å². The first-order valence-electron chi connectivity index (χ1n) is 7.80. The molecular weight excluding hydrogens is 340 g/mol. The fourth-order valence-electron chi connectivity index (χ4n) is 2.24. The predicted molar refractivity (Wildman–Crippen MR) is 100 cm³/mol. The van der Waals surface area contributed by atoms with E-state index in [-0.39, 0.29) is 11.3 Å². The van der Waals surface area contributed by atoms with Crippen LogP contribution in [0.1, 0.15) is 11.1 Å². The summed E-state index contributed by atoms with van der Waals surface area (Å²) in [6.07, 6.45) is 1.70. The maximum Gasteiger partial charge on any atom is 0.338 e. The summed E-state index contributed by atoms with van der Waals surface area (Å²) in [7, 11) is 1.32. The van der Waals surface area contributed by atoms with E-state index >= 15 is 0 Å². The number of benzene rings is 2. The van der Waals surface area contributed by atoms with Gasteiger partial charge in [0.1, 0.15) is 23.9 Å². The molecule has 0 saturated heterocycles. The van der Waals surface area contributed by atoms with E-state index in [2.05, 4.69) is 5.32 Å². The van der Waals surface area contributed by atoms with Gasteiger partial charge in [-0.3, -0.25) is 0 Å². The predicted octanol–water partition coefficient (Wildman–Crippen LogP) is 3.64. The second kappa shape index (κ2) is 9.22. The van der Waals surface area contributed by atoms with Crippen molar-refractivity contribution >= 4 is 23.3 Å². The lowest BCUT2D eigenvalue weighted by atomic mass is 10.0. The van der Waals surface area contributed by atoms with E-state index in [4.69, 9.17) is 20.5 Å². The maximum absolute atomic E-state index is 12.1. The molecule has 0 aliphatic rings. The molecule has 0 fully saturated rings. The number of allylic oxidation sites excluding steroid dienone is 2. The van der Waals surface area contributed by atoms with E-state index in [1.54, 1.807) is 48.5 Å². The lowest BCUT2D eigenvalue weighted by Gasteiger charge is -2.07. The quantitative estimate of drug-likeness (QED) is 0.380. The van der Waals surface area contributed by atoms with Crippen LogP contribution in [0.2, 0.25) is 0 Å². The zero-order valence-corrected chi connectivity index (χ0v) is 14.4. The number of nitrogens with one attached hydrogen (secondary N) is 1. The molecule has 130 valence electrons. The Morgan fingerprint density at radius 3 is 2.11 bits per heavy atom. The molecule has 0 heterocycles. The normalized spacial score (nSPS) is 9.93. The number of anilines is 1. The number of esters is 1. The zero-order valence-electron chi connectivity index (χ0n) is 14.4. The van der Waals surface area contributed by atoms with Gasteiger partial charge >= 0.3 is 5.97 Å². The number of hydrogen-bond acceptors (Lipinski definition) is 6. The lowest BCUT2D eigenvalue weighted by Crippen LogP contribution is -2.04. The van der Waals surface area contributed by atoms with Crippen LogP contribution >= 0.6 is 0 Å². The molecule has 0 unspecified atom stereocenters. The minimum absolute atomic E-state index is 0.122. The molecule has 2 aromatic rings. The Balaban J connectivity index is 2.33. The molecule has 0 aliphatic heterocycles. The van der Waals surface area contributed by atoms with E-state index in [1.807, 2.05) is 30.3 Å². The number of ether oxygens (including phenoxy) is 1. The number of carbonyl (C=O) groups is 1. The van der Waals surface area contributed by atoms with Gasteiger partial charge in [-0.05, 0) is 29.3 Å². The highest BCUT2D eigenvalue weighted by Gasteiger charge is 2.12. The van der Waals surface area contributed by atoms with Crippen molar-refractivity contribution in [1.82, 2.24) is 0 Å². The molecule has 0 aliphatic carbocycles. The first-order chi connectivity index (χ1) is 13.1. The number of nitrogens with zero attached hydrogens (tertiary/aromatic N) is 3. The average Bonchev–Trinajstić information content (AvgIpc) is 2.73. The van der Waals surface area contributed by atoms with E-state index in [0.717, 1.165) is 11.1 Å². The standard InChI is InChI=1S/C21H14N4O2/c1-27-21(26)19(16-5-3-2-4-6-16)11-15-7-9-18(10-8-15)25-20(14-24)17(12-22)13-23/h2-11,25H,1H3. The van der Waals surface area contributed by atoms with Crippen molar-refractivity contribution in [2.45, 2.75) is 0 Å². The smallest absolute Gasteiger partial charge is 0.338 e. The van der Waals surface area contributed by atoms with Crippen LogP contribution in [-0.4, -0.2) is 13.1 Å². The number of nitriles is 3. The summed E-state index contributed by atoms with van der Waals surface area (Å²) in [6.45, 7) is 0. The number of methoxy groups -OCH3 is 1. The monoisotopic (exact) mass is 354 g/mol. The Morgan fingerprint density at radius 2 is 1.59 bits per heavy atom. The van der Waals surface area contributed by atoms with Gasteiger partial charge in [0.25, 0.3) is 0 Å². The fraction of sp³-hybridized carbons (Fsp3) is 0.0476. The zero-order chi connectivity index (χ0) is 19.6. The van der Waals surface area contributed by atoms with Crippen molar-refractivity contribution in [3.8, 4) is 18.2 Å². The van der Waals surface area contributed by atoms with E-state index in [1.165, 1.54) is 7.11 Å². The number of hydrogen-bond donors (Lipinski definition) is 1. The first-order valence-corrected chi connectivity index (χ1v) is 7.80. The van der Waals surface area contributed by atoms with Crippen molar-refractivity contribution < 1.29 is 9.53 Å². The molecule has 2 rings (SSSR count). The van der Waals surface area contributed by atoms with Gasteiger partial charge in [0.05, 0.1) is 12.7 Å². The van der Waals surface area contributed by atoms with E-state index in [0.29, 0.717) is 11.3 Å². The molecule has 0 atom stereocenters. The molecule has 27 heavy (non-hydrogen) atoms. The molecular formula is C21H14N4O2. The van der Waals surface area contributed by atoms with Gasteiger partial charge in [-0.15, -0.1) is 0 Å². The van der Waals surface area contributed by atoms with Crippen LogP contribution in [0.5, 0.6) is 0 Å². The van der Waals surface area contributed by atoms with Crippen LogP contribution < -0.4 is 5.32 Å². The molecule has 1 N–H and O–H groups in total. The van der Waals surface area contributed by atoms with Gasteiger partial charge in [0.15, 0.2) is 5.57 Å². The third kappa shape index (κ3) is 4.82. The molecule has 0 amide bonds. The van der Waals surface area contributed by atoms with Gasteiger partial charge in [0, 0.05) is 5.69 Å². The summed E-state index contributed by atoms with van der Waals surface area (Å²) < 4.78 is 4.86. The topological polar surface area (TPSA) is 110 Å². The van der Waals surface area contributed by atoms with Gasteiger partial charge in [-0.25, -0.2) is 4.79 Å². The van der Waals surface area contributed by atoms with E-state index in [9.17, 15) is 4.79 Å². The SMILES string of the molecule is COC(=O)C(=Cc1ccc(NC(C#N)=C(C#N)C#N)cc1)c1ccccc1. The molecule has 6 nitrogen and oxygen atoms in total. The van der Waals surface area contributed by atoms with Gasteiger partial charge in [-0.2, -0.15) is 15.8 Å². The highest BCUT2D eigenvalue weighted by Crippen LogP contribution is 2.21. The number of carbonyl (C=O) groups excluding carboxylic acids is 1. The Bertz CT molecular complexity index is 999. The molecule has 0 radical (unpaired) electrons. The summed E-state index contributed by atoms with van der Waals surface area (Å²) in [5, 5.41) is 29.5. The third-order valence-electron chi connectivity index (χ3n) is 3.57. The summed E-state index contributed by atoms with van der Waals surface area (Å²) in [5.74, 6) is -0.453. The van der Waals surface area contributed by atoms with Crippen molar-refractivity contribution in [1.29, 1.82) is 15.8 Å². The summed E-state index contributed by atoms with van der Waals surface area (Å²) in [6, 6.07) is 21.1. The fourth-order valence-corrected chi connectivity index (χ4v) is 2.24. The van der Waals surface area contributed by atoms with Crippen molar-refractivity contribution in [3.05, 3.63) is 77.0 Å². The second-order valence-electron chi connectivity index (χ2n) is 5.25. The Hall–Kier alpha value is -4.34. The molecule has 0 bridgehead atoms. The third-order valence-corrected chi connectivity index (χ3v) is 3.57. The minimum atomic E-state index is -0.453. The second-order valence-corrected chi connectivity index (χ2v) is 5.25. The molecule has 2 aromatic carbocycles. The van der Waals surface area contributed by atoms with Crippen LogP contribution in [0.4, 0.5) is 5.69 Å². The summed E-state index contributed by atoms with van der Waals surface area (Å²) in [4.78, 5) is 12.1. The minimum Gasteiger partial charge on any atom is -0.465 e. The van der Waals surface area contributed by atoms with Crippen LogP contribution in [0.25, 0.3) is 11.6 Å². The summed E-state index contributed by atoms with van der Waals surface area (Å²) >= 11 is 0. The van der Waals surface area contributed by atoms with Crippen LogP contribution in [0.3, 0.4) is 0 Å². The molecule has 0 saturated carbocycles. The highest BCUT2D eigenvalue weighted by atomic mass is 16.5. The average molecular weight is 354 g/mol. The van der Waals surface area contributed by atoms with Crippen LogP contribution in [0.15, 0.2) is 65.9 Å². The van der Waals surface area contributed by atoms with Crippen molar-refractivity contribution in [2.75, 3.05) is 12.4 Å². The number of rotatable bonds is 5. The van der Waals surface area contributed by atoms with Crippen molar-refractivity contribution in [3.63, 3.8) is 0 Å². The first kappa shape index (κ1) is 19.0. The van der Waals surface area contributed by atoms with Gasteiger partial charge < -0.3 is 10.1 Å². The van der Waals surface area contributed by atoms with Crippen molar-refractivity contribution in [2.24, 2.45) is 0 Å². The van der Waals surface area contributed by atoms with Gasteiger partial charge in [-0.1, -0.05) is 42.5 Å². The maximum atomic E-state index is 12.1. The highest BCUT2D eigenvalue weighted by molar-refractivity contribution is 6.21. The Labute approximate surface area is 156 Å². The summed E-state index contributed by atoms with van der Waals surface area (Å²) in [5.41, 5.74) is 2.00. The van der Waals surface area contributed by atoms with Gasteiger partial charge in [0.2, 0.25) is 0 Å². The lowest BCUT2D eigenvalue weighted by molar-refractivity contribution is -0.133. The largest absolute Gasteiger partial charge is 0.465 e. The molecule has 0 aromatic heterocycles. The molecule has 6 heteroatoms. The Kier molecular flexibility index (Phi) is 6.49. The molecule has 0 spiro atoms. The Morgan fingerprint density at radius 1 is 0.963 bits per heavy atom. The van der Waals surface area contributed by atoms with Crippen LogP contribution in [0, 0.1) is 34.0 Å². The van der Waals surface area contributed by atoms with E-state index < -0.39 is 5.97 Å².